The van der Waals surface area contributed by atoms with Gasteiger partial charge >= 0.3 is 6.18 Å². The molecule has 0 spiro atoms. The number of hydrogen-bond acceptors (Lipinski definition) is 4. The van der Waals surface area contributed by atoms with Gasteiger partial charge in [-0.05, 0) is 54.7 Å². The van der Waals surface area contributed by atoms with Crippen LogP contribution in [0, 0.1) is 0 Å². The number of carbonyl (C=O) groups excluding carboxylic acids is 2. The zero-order chi connectivity index (χ0) is 27.3. The van der Waals surface area contributed by atoms with E-state index in [-0.39, 0.29) is 35.4 Å². The summed E-state index contributed by atoms with van der Waals surface area (Å²) in [5.74, 6) is -0.130. The van der Waals surface area contributed by atoms with E-state index in [0.717, 1.165) is 41.8 Å². The van der Waals surface area contributed by atoms with Crippen molar-refractivity contribution in [1.82, 2.24) is 9.80 Å². The number of rotatable bonds is 7. The normalized spacial score (nSPS) is 14.8. The van der Waals surface area contributed by atoms with Gasteiger partial charge in [-0.1, -0.05) is 44.2 Å². The van der Waals surface area contributed by atoms with Crippen LogP contribution < -0.4 is 5.32 Å². The van der Waals surface area contributed by atoms with Gasteiger partial charge in [0.2, 0.25) is 5.91 Å². The Balaban J connectivity index is 1.36. The van der Waals surface area contributed by atoms with E-state index in [9.17, 15) is 22.8 Å². The number of para-hydroxylation sites is 1. The molecule has 2 aromatic carbocycles. The highest BCUT2D eigenvalue weighted by Crippen LogP contribution is 2.33. The van der Waals surface area contributed by atoms with E-state index in [4.69, 9.17) is 4.42 Å². The van der Waals surface area contributed by atoms with Gasteiger partial charge in [0.05, 0.1) is 12.1 Å². The lowest BCUT2D eigenvalue weighted by atomic mass is 10.0. The summed E-state index contributed by atoms with van der Waals surface area (Å²) in [7, 11) is 0. The van der Waals surface area contributed by atoms with Crippen molar-refractivity contribution in [2.24, 2.45) is 0 Å². The minimum absolute atomic E-state index is 0.0758. The molecular formula is C29H32F3N3O3. The first-order valence-corrected chi connectivity index (χ1v) is 12.9. The monoisotopic (exact) mass is 527 g/mol. The number of carbonyl (C=O) groups is 2. The van der Waals surface area contributed by atoms with Crippen molar-refractivity contribution in [2.45, 2.75) is 39.3 Å². The quantitative estimate of drug-likeness (QED) is 0.417. The fraction of sp³-hybridized carbons (Fsp3) is 0.379. The first kappa shape index (κ1) is 27.4. The third kappa shape index (κ3) is 6.45. The van der Waals surface area contributed by atoms with Crippen molar-refractivity contribution in [1.29, 1.82) is 0 Å². The summed E-state index contributed by atoms with van der Waals surface area (Å²) in [6.07, 6.45) is -2.13. The Hall–Kier alpha value is -3.59. The van der Waals surface area contributed by atoms with Crippen LogP contribution in [0.2, 0.25) is 0 Å². The largest absolute Gasteiger partial charge is 0.451 e. The first-order valence-electron chi connectivity index (χ1n) is 12.9. The zero-order valence-electron chi connectivity index (χ0n) is 21.6. The molecule has 0 unspecified atom stereocenters. The van der Waals surface area contributed by atoms with Crippen molar-refractivity contribution in [3.05, 3.63) is 77.0 Å². The van der Waals surface area contributed by atoms with E-state index >= 15 is 0 Å². The average Bonchev–Trinajstić information content (AvgIpc) is 3.29. The van der Waals surface area contributed by atoms with Gasteiger partial charge in [-0.2, -0.15) is 13.2 Å². The van der Waals surface area contributed by atoms with Gasteiger partial charge in [0, 0.05) is 37.4 Å². The van der Waals surface area contributed by atoms with Crippen LogP contribution in [0.1, 0.15) is 47.5 Å². The number of benzene rings is 2. The van der Waals surface area contributed by atoms with Crippen molar-refractivity contribution >= 4 is 17.5 Å². The molecule has 4 rings (SSSR count). The first-order chi connectivity index (χ1) is 18.2. The van der Waals surface area contributed by atoms with Gasteiger partial charge in [-0.25, -0.2) is 0 Å². The molecule has 0 saturated carbocycles. The Bertz CT molecular complexity index is 1260. The fourth-order valence-electron chi connectivity index (χ4n) is 4.73. The Morgan fingerprint density at radius 1 is 0.921 bits per heavy atom. The number of nitrogens with zero attached hydrogens (tertiary/aromatic N) is 2. The summed E-state index contributed by atoms with van der Waals surface area (Å²) >= 11 is 0. The highest BCUT2D eigenvalue weighted by Gasteiger charge is 2.31. The van der Waals surface area contributed by atoms with E-state index in [1.54, 1.807) is 4.90 Å². The number of hydrogen-bond donors (Lipinski definition) is 1. The third-order valence-electron chi connectivity index (χ3n) is 6.80. The molecule has 6 nitrogen and oxygen atoms in total. The lowest BCUT2D eigenvalue weighted by Gasteiger charge is -2.22. The Morgan fingerprint density at radius 2 is 1.63 bits per heavy atom. The summed E-state index contributed by atoms with van der Waals surface area (Å²) in [6.45, 7) is 6.45. The summed E-state index contributed by atoms with van der Waals surface area (Å²) in [4.78, 5) is 29.6. The molecule has 202 valence electrons. The third-order valence-corrected chi connectivity index (χ3v) is 6.80. The van der Waals surface area contributed by atoms with Crippen LogP contribution in [0.3, 0.4) is 0 Å². The molecule has 0 aliphatic carbocycles. The second-order valence-corrected chi connectivity index (χ2v) is 9.37. The van der Waals surface area contributed by atoms with Crippen LogP contribution in [-0.4, -0.2) is 54.3 Å². The van der Waals surface area contributed by atoms with Gasteiger partial charge in [-0.3, -0.25) is 14.5 Å². The van der Waals surface area contributed by atoms with Crippen LogP contribution in [0.4, 0.5) is 18.9 Å². The van der Waals surface area contributed by atoms with Crippen LogP contribution in [-0.2, 0) is 23.8 Å². The van der Waals surface area contributed by atoms with Gasteiger partial charge in [0.25, 0.3) is 5.91 Å². The summed E-state index contributed by atoms with van der Waals surface area (Å²) < 4.78 is 44.9. The maximum Gasteiger partial charge on any atom is 0.416 e. The molecule has 1 N–H and O–H groups in total. The van der Waals surface area contributed by atoms with Gasteiger partial charge < -0.3 is 14.6 Å². The lowest BCUT2D eigenvalue weighted by molar-refractivity contribution is -0.137. The molecule has 9 heteroatoms. The molecule has 2 amide bonds. The Morgan fingerprint density at radius 3 is 2.32 bits per heavy atom. The highest BCUT2D eigenvalue weighted by atomic mass is 19.4. The molecule has 1 saturated heterocycles. The number of anilines is 1. The molecule has 0 atom stereocenters. The van der Waals surface area contributed by atoms with Crippen LogP contribution in [0.5, 0.6) is 0 Å². The van der Waals surface area contributed by atoms with Gasteiger partial charge in [-0.15, -0.1) is 0 Å². The predicted molar refractivity (Wildman–Crippen MR) is 140 cm³/mol. The minimum atomic E-state index is -4.46. The smallest absolute Gasteiger partial charge is 0.416 e. The molecule has 1 aromatic heterocycles. The van der Waals surface area contributed by atoms with Crippen LogP contribution >= 0.6 is 0 Å². The molecular weight excluding hydrogens is 495 g/mol. The number of furan rings is 1. The van der Waals surface area contributed by atoms with Crippen LogP contribution in [0.15, 0.2) is 59.0 Å². The summed E-state index contributed by atoms with van der Waals surface area (Å²) in [5, 5.41) is 3.09. The molecule has 1 aliphatic heterocycles. The summed E-state index contributed by atoms with van der Waals surface area (Å²) in [5.41, 5.74) is 2.58. The maximum atomic E-state index is 13.1. The lowest BCUT2D eigenvalue weighted by Crippen LogP contribution is -2.38. The molecule has 38 heavy (non-hydrogen) atoms. The second-order valence-electron chi connectivity index (χ2n) is 9.37. The Kier molecular flexibility index (Phi) is 8.56. The van der Waals surface area contributed by atoms with Crippen molar-refractivity contribution < 1.29 is 27.2 Å². The zero-order valence-corrected chi connectivity index (χ0v) is 21.6. The fourth-order valence-corrected chi connectivity index (χ4v) is 4.73. The SMILES string of the molecule is CCc1cccc(CC)c1NC(=O)CN1CCCN(C(=O)c2ccc(-c3cccc(C(F)(F)F)c3)o2)CC1. The number of alkyl halides is 3. The van der Waals surface area contributed by atoms with Crippen molar-refractivity contribution in [2.75, 3.05) is 38.0 Å². The molecule has 3 aromatic rings. The average molecular weight is 528 g/mol. The van der Waals surface area contributed by atoms with E-state index in [2.05, 4.69) is 19.2 Å². The molecule has 0 bridgehead atoms. The highest BCUT2D eigenvalue weighted by molar-refractivity contribution is 5.94. The minimum Gasteiger partial charge on any atom is -0.451 e. The number of amides is 2. The maximum absolute atomic E-state index is 13.1. The number of aryl methyl sites for hydroxylation is 2. The molecule has 1 fully saturated rings. The van der Waals surface area contributed by atoms with E-state index < -0.39 is 11.7 Å². The number of nitrogens with one attached hydrogen (secondary N) is 1. The van der Waals surface area contributed by atoms with Gasteiger partial charge in [0.1, 0.15) is 5.76 Å². The van der Waals surface area contributed by atoms with Crippen molar-refractivity contribution in [3.63, 3.8) is 0 Å². The van der Waals surface area contributed by atoms with Crippen LogP contribution in [0.25, 0.3) is 11.3 Å². The van der Waals surface area contributed by atoms with E-state index in [0.29, 0.717) is 32.6 Å². The molecule has 2 heterocycles. The van der Waals surface area contributed by atoms with Gasteiger partial charge in [0.15, 0.2) is 5.76 Å². The predicted octanol–water partition coefficient (Wildman–Crippen LogP) is 5.88. The molecule has 1 aliphatic rings. The number of halogens is 3. The second kappa shape index (κ2) is 11.9. The Labute approximate surface area is 220 Å². The standard InChI is InChI=1S/C29H32F3N3O3/c1-3-20-8-5-9-21(4-2)27(20)33-26(36)19-34-14-7-15-35(17-16-34)28(37)25-13-12-24(38-25)22-10-6-11-23(18-22)29(30,31)32/h5-6,8-13,18H,3-4,7,14-17,19H2,1-2H3,(H,33,36). The summed E-state index contributed by atoms with van der Waals surface area (Å²) in [6, 6.07) is 13.9. The molecule has 0 radical (unpaired) electrons. The van der Waals surface area contributed by atoms with Crippen molar-refractivity contribution in [3.8, 4) is 11.3 Å². The van der Waals surface area contributed by atoms with E-state index in [1.807, 2.05) is 23.1 Å². The topological polar surface area (TPSA) is 65.8 Å². The van der Waals surface area contributed by atoms with E-state index in [1.165, 1.54) is 24.3 Å².